The van der Waals surface area contributed by atoms with Crippen molar-refractivity contribution in [3.05, 3.63) is 36.0 Å². The third-order valence-corrected chi connectivity index (χ3v) is 3.38. The summed E-state index contributed by atoms with van der Waals surface area (Å²) in [7, 11) is 0. The molecule has 0 saturated carbocycles. The second-order valence-electron chi connectivity index (χ2n) is 6.01. The number of aromatic nitrogens is 2. The molecule has 2 rings (SSSR count). The molecule has 8 heteroatoms. The Kier molecular flexibility index (Phi) is 7.25. The molecule has 0 bridgehead atoms. The number of hydrogen-bond donors (Lipinski definition) is 1. The van der Waals surface area contributed by atoms with Gasteiger partial charge in [-0.15, -0.1) is 0 Å². The van der Waals surface area contributed by atoms with Gasteiger partial charge in [0.15, 0.2) is 0 Å². The summed E-state index contributed by atoms with van der Waals surface area (Å²) in [4.78, 5) is 27.3. The minimum Gasteiger partial charge on any atom is -0.463 e. The lowest BCUT2D eigenvalue weighted by atomic mass is 10.2. The number of amides is 1. The molecule has 7 nitrogen and oxygen atoms in total. The van der Waals surface area contributed by atoms with Gasteiger partial charge in [0.2, 0.25) is 17.6 Å². The highest BCUT2D eigenvalue weighted by atomic mass is 19.1. The maximum atomic E-state index is 12.9. The summed E-state index contributed by atoms with van der Waals surface area (Å²) in [6, 6.07) is 5.79. The van der Waals surface area contributed by atoms with E-state index in [1.807, 2.05) is 0 Å². The van der Waals surface area contributed by atoms with Crippen LogP contribution in [0.25, 0.3) is 11.4 Å². The van der Waals surface area contributed by atoms with Crippen molar-refractivity contribution in [3.8, 4) is 11.4 Å². The van der Waals surface area contributed by atoms with E-state index < -0.39 is 0 Å². The topological polar surface area (TPSA) is 94.3 Å². The maximum absolute atomic E-state index is 12.9. The maximum Gasteiger partial charge on any atom is 0.307 e. The molecule has 0 fully saturated rings. The summed E-state index contributed by atoms with van der Waals surface area (Å²) in [5, 5.41) is 6.51. The quantitative estimate of drug-likeness (QED) is 0.688. The standard InChI is InChI=1S/C18H22FN3O4/c1-12(2)25-17(24)10-11-20-15(23)4-3-5-16-21-18(22-26-16)13-6-8-14(19)9-7-13/h6-9,12H,3-5,10-11H2,1-2H3,(H,20,23). The molecule has 1 amide bonds. The molecule has 1 aromatic carbocycles. The van der Waals surface area contributed by atoms with Crippen LogP contribution in [0.2, 0.25) is 0 Å². The number of aryl methyl sites for hydroxylation is 1. The van der Waals surface area contributed by atoms with Crippen LogP contribution in [0.15, 0.2) is 28.8 Å². The van der Waals surface area contributed by atoms with E-state index in [1.165, 1.54) is 12.1 Å². The van der Waals surface area contributed by atoms with Crippen LogP contribution in [0, 0.1) is 5.82 Å². The zero-order valence-electron chi connectivity index (χ0n) is 14.8. The fourth-order valence-electron chi connectivity index (χ4n) is 2.19. The van der Waals surface area contributed by atoms with Crippen LogP contribution in [0.1, 0.15) is 39.0 Å². The number of esters is 1. The van der Waals surface area contributed by atoms with Gasteiger partial charge >= 0.3 is 5.97 Å². The predicted molar refractivity (Wildman–Crippen MR) is 91.5 cm³/mol. The Balaban J connectivity index is 1.67. The third-order valence-electron chi connectivity index (χ3n) is 3.38. The van der Waals surface area contributed by atoms with E-state index in [0.29, 0.717) is 30.1 Å². The molecule has 1 heterocycles. The first kappa shape index (κ1) is 19.6. The van der Waals surface area contributed by atoms with Crippen LogP contribution >= 0.6 is 0 Å². The van der Waals surface area contributed by atoms with Crippen molar-refractivity contribution in [2.45, 2.75) is 45.6 Å². The molecule has 2 aromatic rings. The Morgan fingerprint density at radius 1 is 1.23 bits per heavy atom. The van der Waals surface area contributed by atoms with E-state index in [9.17, 15) is 14.0 Å². The SMILES string of the molecule is CC(C)OC(=O)CCNC(=O)CCCc1nc(-c2ccc(F)cc2)no1. The first-order valence-corrected chi connectivity index (χ1v) is 8.48. The lowest BCUT2D eigenvalue weighted by Gasteiger charge is -2.08. The molecule has 1 N–H and O–H groups in total. The average Bonchev–Trinajstić information content (AvgIpc) is 3.03. The number of nitrogens with one attached hydrogen (secondary N) is 1. The van der Waals surface area contributed by atoms with E-state index in [2.05, 4.69) is 15.5 Å². The van der Waals surface area contributed by atoms with E-state index >= 15 is 0 Å². The van der Waals surface area contributed by atoms with E-state index in [0.717, 1.165) is 0 Å². The highest BCUT2D eigenvalue weighted by Crippen LogP contribution is 2.16. The second-order valence-corrected chi connectivity index (χ2v) is 6.01. The van der Waals surface area contributed by atoms with Crippen LogP contribution < -0.4 is 5.32 Å². The Morgan fingerprint density at radius 3 is 2.65 bits per heavy atom. The number of ether oxygens (including phenoxy) is 1. The lowest BCUT2D eigenvalue weighted by molar-refractivity contribution is -0.147. The number of carbonyl (C=O) groups excluding carboxylic acids is 2. The van der Waals surface area contributed by atoms with Crippen LogP contribution in [0.4, 0.5) is 4.39 Å². The molecule has 0 aliphatic heterocycles. The minimum absolute atomic E-state index is 0.147. The molecule has 0 saturated heterocycles. The number of rotatable bonds is 9. The normalized spacial score (nSPS) is 10.8. The van der Waals surface area contributed by atoms with Crippen molar-refractivity contribution in [1.29, 1.82) is 0 Å². The van der Waals surface area contributed by atoms with Crippen molar-refractivity contribution < 1.29 is 23.2 Å². The van der Waals surface area contributed by atoms with Gasteiger partial charge in [-0.2, -0.15) is 4.98 Å². The van der Waals surface area contributed by atoms with Gasteiger partial charge < -0.3 is 14.6 Å². The summed E-state index contributed by atoms with van der Waals surface area (Å²) < 4.78 is 23.0. The first-order chi connectivity index (χ1) is 12.4. The summed E-state index contributed by atoms with van der Waals surface area (Å²) in [6.45, 7) is 3.80. The minimum atomic E-state index is -0.334. The fourth-order valence-corrected chi connectivity index (χ4v) is 2.19. The zero-order valence-corrected chi connectivity index (χ0v) is 14.8. The molecule has 140 valence electrons. The summed E-state index contributed by atoms with van der Waals surface area (Å²) in [6.07, 6.45) is 1.26. The van der Waals surface area contributed by atoms with E-state index in [-0.39, 0.29) is 43.2 Å². The highest BCUT2D eigenvalue weighted by Gasteiger charge is 2.10. The lowest BCUT2D eigenvalue weighted by Crippen LogP contribution is -2.27. The van der Waals surface area contributed by atoms with Crippen LogP contribution in [-0.4, -0.2) is 34.7 Å². The number of nitrogens with zero attached hydrogens (tertiary/aromatic N) is 2. The van der Waals surface area contributed by atoms with Gasteiger partial charge in [-0.1, -0.05) is 5.16 Å². The average molecular weight is 363 g/mol. The summed E-state index contributed by atoms with van der Waals surface area (Å²) in [5.74, 6) is -0.0215. The van der Waals surface area contributed by atoms with Crippen molar-refractivity contribution in [2.24, 2.45) is 0 Å². The van der Waals surface area contributed by atoms with Gasteiger partial charge in [-0.05, 0) is 44.5 Å². The van der Waals surface area contributed by atoms with Crippen molar-refractivity contribution in [2.75, 3.05) is 6.54 Å². The molecule has 0 aliphatic rings. The molecular formula is C18H22FN3O4. The van der Waals surface area contributed by atoms with Crippen LogP contribution in [0.3, 0.4) is 0 Å². The van der Waals surface area contributed by atoms with Crippen molar-refractivity contribution in [3.63, 3.8) is 0 Å². The van der Waals surface area contributed by atoms with Gasteiger partial charge in [0, 0.05) is 24.9 Å². The third kappa shape index (κ3) is 6.62. The fraction of sp³-hybridized carbons (Fsp3) is 0.444. The number of benzene rings is 1. The predicted octanol–water partition coefficient (Wildman–Crippen LogP) is 2.66. The number of hydrogen-bond acceptors (Lipinski definition) is 6. The number of carbonyl (C=O) groups is 2. The molecule has 0 radical (unpaired) electrons. The second kappa shape index (κ2) is 9.65. The van der Waals surface area contributed by atoms with Crippen LogP contribution in [0.5, 0.6) is 0 Å². The molecule has 0 atom stereocenters. The molecular weight excluding hydrogens is 341 g/mol. The van der Waals surface area contributed by atoms with Crippen molar-refractivity contribution in [1.82, 2.24) is 15.5 Å². The van der Waals surface area contributed by atoms with Gasteiger partial charge in [-0.25, -0.2) is 4.39 Å². The van der Waals surface area contributed by atoms with Crippen LogP contribution in [-0.2, 0) is 20.7 Å². The zero-order chi connectivity index (χ0) is 18.9. The van der Waals surface area contributed by atoms with E-state index in [1.54, 1.807) is 26.0 Å². The molecule has 0 aliphatic carbocycles. The summed E-state index contributed by atoms with van der Waals surface area (Å²) >= 11 is 0. The Labute approximate surface area is 150 Å². The molecule has 1 aromatic heterocycles. The largest absolute Gasteiger partial charge is 0.463 e. The Morgan fingerprint density at radius 2 is 1.96 bits per heavy atom. The van der Waals surface area contributed by atoms with E-state index in [4.69, 9.17) is 9.26 Å². The number of halogens is 1. The highest BCUT2D eigenvalue weighted by molar-refractivity contribution is 5.77. The summed E-state index contributed by atoms with van der Waals surface area (Å²) in [5.41, 5.74) is 0.660. The smallest absolute Gasteiger partial charge is 0.307 e. The van der Waals surface area contributed by atoms with Gasteiger partial charge in [0.25, 0.3) is 0 Å². The molecule has 0 unspecified atom stereocenters. The molecule has 0 spiro atoms. The molecule has 26 heavy (non-hydrogen) atoms. The van der Waals surface area contributed by atoms with Gasteiger partial charge in [0.05, 0.1) is 12.5 Å². The van der Waals surface area contributed by atoms with Gasteiger partial charge in [-0.3, -0.25) is 9.59 Å². The van der Waals surface area contributed by atoms with Gasteiger partial charge in [0.1, 0.15) is 5.82 Å². The van der Waals surface area contributed by atoms with Crippen molar-refractivity contribution >= 4 is 11.9 Å². The first-order valence-electron chi connectivity index (χ1n) is 8.48. The Hall–Kier alpha value is -2.77. The monoisotopic (exact) mass is 363 g/mol. The Bertz CT molecular complexity index is 728.